The molecule has 1 unspecified atom stereocenters. The molecule has 0 radical (unpaired) electrons. The van der Waals surface area contributed by atoms with Crippen LogP contribution in [0.5, 0.6) is 0 Å². The minimum atomic E-state index is -0.502. The number of aromatic nitrogens is 2. The zero-order chi connectivity index (χ0) is 14.8. The number of hydrogen-bond donors (Lipinski definition) is 1. The predicted molar refractivity (Wildman–Crippen MR) is 74.9 cm³/mol. The van der Waals surface area contributed by atoms with Gasteiger partial charge in [-0.15, -0.1) is 0 Å². The van der Waals surface area contributed by atoms with Crippen molar-refractivity contribution < 1.29 is 13.7 Å². The maximum absolute atomic E-state index is 13.5. The van der Waals surface area contributed by atoms with Crippen LogP contribution >= 0.6 is 0 Å². The summed E-state index contributed by atoms with van der Waals surface area (Å²) < 4.78 is 24.3. The number of likely N-dealkylation sites (N-methyl/N-ethyl adjacent to an activating group) is 1. The molecule has 0 amide bonds. The lowest BCUT2D eigenvalue weighted by molar-refractivity contribution is -0.0334. The van der Waals surface area contributed by atoms with Crippen molar-refractivity contribution in [3.8, 4) is 11.5 Å². The van der Waals surface area contributed by atoms with Crippen LogP contribution in [0.1, 0.15) is 18.9 Å². The van der Waals surface area contributed by atoms with E-state index in [1.165, 1.54) is 12.1 Å². The number of rotatable bonds is 3. The first kappa shape index (κ1) is 14.0. The molecule has 0 bridgehead atoms. The van der Waals surface area contributed by atoms with E-state index in [-0.39, 0.29) is 17.7 Å². The van der Waals surface area contributed by atoms with Gasteiger partial charge in [-0.05, 0) is 24.7 Å². The third kappa shape index (κ3) is 2.88. The van der Waals surface area contributed by atoms with Crippen LogP contribution in [0.15, 0.2) is 22.7 Å². The fourth-order valence-corrected chi connectivity index (χ4v) is 2.29. The van der Waals surface area contributed by atoms with Crippen LogP contribution in [0.3, 0.4) is 0 Å². The smallest absolute Gasteiger partial charge is 0.258 e. The average molecular weight is 292 g/mol. The fraction of sp³-hybridized carbons (Fsp3) is 0.429. The molecule has 112 valence electrons. The normalized spacial score (nSPS) is 19.8. The second-order valence-corrected chi connectivity index (χ2v) is 4.95. The molecule has 21 heavy (non-hydrogen) atoms. The van der Waals surface area contributed by atoms with E-state index in [0.717, 1.165) is 19.6 Å². The lowest BCUT2D eigenvalue weighted by atomic mass is 10.2. The van der Waals surface area contributed by atoms with Gasteiger partial charge >= 0.3 is 0 Å². The second kappa shape index (κ2) is 5.79. The van der Waals surface area contributed by atoms with Gasteiger partial charge in [0.1, 0.15) is 11.9 Å². The summed E-state index contributed by atoms with van der Waals surface area (Å²) >= 11 is 0. The molecule has 1 aromatic heterocycles. The third-order valence-corrected chi connectivity index (χ3v) is 3.57. The highest BCUT2D eigenvalue weighted by Gasteiger charge is 2.25. The van der Waals surface area contributed by atoms with Crippen molar-refractivity contribution in [1.29, 1.82) is 0 Å². The number of nitrogens with two attached hydrogens (primary N) is 1. The third-order valence-electron chi connectivity index (χ3n) is 3.57. The summed E-state index contributed by atoms with van der Waals surface area (Å²) in [6, 6.07) is 4.41. The molecular formula is C14H17FN4O2. The first-order valence-electron chi connectivity index (χ1n) is 6.90. The molecule has 1 aromatic carbocycles. The van der Waals surface area contributed by atoms with Gasteiger partial charge in [-0.1, -0.05) is 12.1 Å². The SMILES string of the molecule is CCN1CCOC(c2noc(-c3ccc(N)c(F)c3)n2)C1. The molecule has 2 heterocycles. The van der Waals surface area contributed by atoms with Crippen LogP contribution in [0.2, 0.25) is 0 Å². The largest absolute Gasteiger partial charge is 0.396 e. The Labute approximate surface area is 121 Å². The van der Waals surface area contributed by atoms with Crippen molar-refractivity contribution in [3.05, 3.63) is 29.8 Å². The summed E-state index contributed by atoms with van der Waals surface area (Å²) in [5.74, 6) is 0.250. The summed E-state index contributed by atoms with van der Waals surface area (Å²) in [5, 5.41) is 3.95. The molecule has 6 nitrogen and oxygen atoms in total. The molecule has 1 fully saturated rings. The quantitative estimate of drug-likeness (QED) is 0.870. The number of ether oxygens (including phenoxy) is 1. The summed E-state index contributed by atoms with van der Waals surface area (Å²) in [7, 11) is 0. The first-order chi connectivity index (χ1) is 10.2. The minimum Gasteiger partial charge on any atom is -0.396 e. The number of nitrogen functional groups attached to an aromatic ring is 1. The first-order valence-corrected chi connectivity index (χ1v) is 6.90. The molecular weight excluding hydrogens is 275 g/mol. The highest BCUT2D eigenvalue weighted by molar-refractivity contribution is 5.57. The van der Waals surface area contributed by atoms with Gasteiger partial charge < -0.3 is 15.0 Å². The number of halogens is 1. The molecule has 1 aliphatic rings. The molecule has 7 heteroatoms. The summed E-state index contributed by atoms with van der Waals surface area (Å²) in [4.78, 5) is 6.56. The van der Waals surface area contributed by atoms with E-state index in [1.807, 2.05) is 0 Å². The Morgan fingerprint density at radius 1 is 1.48 bits per heavy atom. The van der Waals surface area contributed by atoms with Gasteiger partial charge in [0.25, 0.3) is 5.89 Å². The summed E-state index contributed by atoms with van der Waals surface area (Å²) in [6.45, 7) is 5.32. The van der Waals surface area contributed by atoms with Gasteiger partial charge in [0.15, 0.2) is 0 Å². The predicted octanol–water partition coefficient (Wildman–Crippen LogP) is 1.85. The number of anilines is 1. The van der Waals surface area contributed by atoms with Gasteiger partial charge in [-0.25, -0.2) is 4.39 Å². The molecule has 1 saturated heterocycles. The number of hydrogen-bond acceptors (Lipinski definition) is 6. The van der Waals surface area contributed by atoms with E-state index >= 15 is 0 Å². The van der Waals surface area contributed by atoms with Crippen LogP contribution < -0.4 is 5.73 Å². The molecule has 3 rings (SSSR count). The Morgan fingerprint density at radius 3 is 3.10 bits per heavy atom. The van der Waals surface area contributed by atoms with Crippen LogP contribution in [0.4, 0.5) is 10.1 Å². The Hall–Kier alpha value is -1.99. The number of nitrogens with zero attached hydrogens (tertiary/aromatic N) is 3. The van der Waals surface area contributed by atoms with Gasteiger partial charge in [-0.2, -0.15) is 4.98 Å². The molecule has 2 N–H and O–H groups in total. The van der Waals surface area contributed by atoms with Crippen LogP contribution in [-0.4, -0.2) is 41.3 Å². The van der Waals surface area contributed by atoms with Crippen molar-refractivity contribution in [2.24, 2.45) is 0 Å². The molecule has 1 atom stereocenters. The summed E-state index contributed by atoms with van der Waals surface area (Å²) in [5.41, 5.74) is 6.05. The van der Waals surface area contributed by atoms with Crippen molar-refractivity contribution in [3.63, 3.8) is 0 Å². The van der Waals surface area contributed by atoms with E-state index in [4.69, 9.17) is 15.0 Å². The maximum Gasteiger partial charge on any atom is 0.258 e. The van der Waals surface area contributed by atoms with E-state index in [2.05, 4.69) is 22.0 Å². The lowest BCUT2D eigenvalue weighted by Gasteiger charge is -2.30. The highest BCUT2D eigenvalue weighted by atomic mass is 19.1. The molecule has 2 aromatic rings. The van der Waals surface area contributed by atoms with Gasteiger partial charge in [0.2, 0.25) is 5.82 Å². The molecule has 0 saturated carbocycles. The van der Waals surface area contributed by atoms with Crippen LogP contribution in [-0.2, 0) is 4.74 Å². The van der Waals surface area contributed by atoms with E-state index in [0.29, 0.717) is 18.0 Å². The maximum atomic E-state index is 13.5. The summed E-state index contributed by atoms with van der Waals surface area (Å²) in [6.07, 6.45) is -0.213. The van der Waals surface area contributed by atoms with Crippen LogP contribution in [0.25, 0.3) is 11.5 Å². The van der Waals surface area contributed by atoms with E-state index in [1.54, 1.807) is 6.07 Å². The second-order valence-electron chi connectivity index (χ2n) is 4.95. The van der Waals surface area contributed by atoms with Crippen molar-refractivity contribution in [2.75, 3.05) is 32.0 Å². The Bertz CT molecular complexity index is 631. The lowest BCUT2D eigenvalue weighted by Crippen LogP contribution is -2.38. The van der Waals surface area contributed by atoms with Crippen molar-refractivity contribution >= 4 is 5.69 Å². The van der Waals surface area contributed by atoms with Gasteiger partial charge in [-0.3, -0.25) is 4.90 Å². The van der Waals surface area contributed by atoms with E-state index < -0.39 is 5.82 Å². The Balaban J connectivity index is 1.81. The Kier molecular flexibility index (Phi) is 3.85. The standard InChI is InChI=1S/C14H17FN4O2/c1-2-19-5-6-20-12(8-19)13-17-14(21-18-13)9-3-4-11(16)10(15)7-9/h3-4,7,12H,2,5-6,8,16H2,1H3. The number of morpholine rings is 1. The number of benzene rings is 1. The zero-order valence-electron chi connectivity index (χ0n) is 11.8. The van der Waals surface area contributed by atoms with Gasteiger partial charge in [0.05, 0.1) is 12.3 Å². The van der Waals surface area contributed by atoms with Crippen LogP contribution in [0, 0.1) is 5.82 Å². The van der Waals surface area contributed by atoms with Crippen molar-refractivity contribution in [2.45, 2.75) is 13.0 Å². The molecule has 1 aliphatic heterocycles. The highest BCUT2D eigenvalue weighted by Crippen LogP contribution is 2.25. The fourth-order valence-electron chi connectivity index (χ4n) is 2.29. The van der Waals surface area contributed by atoms with E-state index in [9.17, 15) is 4.39 Å². The zero-order valence-corrected chi connectivity index (χ0v) is 11.8. The van der Waals surface area contributed by atoms with Crippen molar-refractivity contribution in [1.82, 2.24) is 15.0 Å². The molecule has 0 aliphatic carbocycles. The molecule has 0 spiro atoms. The average Bonchev–Trinajstić information content (AvgIpc) is 3.00. The topological polar surface area (TPSA) is 77.4 Å². The minimum absolute atomic E-state index is 0.0905. The monoisotopic (exact) mass is 292 g/mol. The Morgan fingerprint density at radius 2 is 2.33 bits per heavy atom. The van der Waals surface area contributed by atoms with Gasteiger partial charge in [0, 0.05) is 18.7 Å².